The SMILES string of the molecule is Clc1ccc(C2CNC(Cc3ccccc3)CO2)cc1. The van der Waals surface area contributed by atoms with Gasteiger partial charge in [0.05, 0.1) is 12.7 Å². The van der Waals surface area contributed by atoms with Crippen molar-refractivity contribution in [3.05, 3.63) is 70.7 Å². The molecule has 0 amide bonds. The average molecular weight is 288 g/mol. The Morgan fingerprint density at radius 3 is 2.45 bits per heavy atom. The molecule has 1 heterocycles. The largest absolute Gasteiger partial charge is 0.371 e. The highest BCUT2D eigenvalue weighted by Crippen LogP contribution is 2.22. The zero-order valence-electron chi connectivity index (χ0n) is 11.3. The fraction of sp³-hybridized carbons (Fsp3) is 0.294. The van der Waals surface area contributed by atoms with E-state index in [1.807, 2.05) is 30.3 Å². The molecule has 2 aromatic carbocycles. The lowest BCUT2D eigenvalue weighted by atomic mass is 10.0. The summed E-state index contributed by atoms with van der Waals surface area (Å²) >= 11 is 5.91. The molecule has 1 aliphatic heterocycles. The van der Waals surface area contributed by atoms with Gasteiger partial charge in [0.25, 0.3) is 0 Å². The first-order valence-corrected chi connectivity index (χ1v) is 7.33. The summed E-state index contributed by atoms with van der Waals surface area (Å²) in [4.78, 5) is 0. The maximum absolute atomic E-state index is 5.98. The molecule has 0 radical (unpaired) electrons. The molecule has 2 aromatic rings. The van der Waals surface area contributed by atoms with E-state index in [0.29, 0.717) is 6.04 Å². The zero-order chi connectivity index (χ0) is 13.8. The third-order valence-electron chi connectivity index (χ3n) is 3.66. The van der Waals surface area contributed by atoms with E-state index in [4.69, 9.17) is 16.3 Å². The van der Waals surface area contributed by atoms with Gasteiger partial charge in [0, 0.05) is 17.6 Å². The molecule has 20 heavy (non-hydrogen) atoms. The van der Waals surface area contributed by atoms with Crippen molar-refractivity contribution in [3.63, 3.8) is 0 Å². The van der Waals surface area contributed by atoms with Crippen LogP contribution in [-0.4, -0.2) is 19.2 Å². The molecular formula is C17H18ClNO. The van der Waals surface area contributed by atoms with Crippen molar-refractivity contribution in [1.29, 1.82) is 0 Å². The summed E-state index contributed by atoms with van der Waals surface area (Å²) < 4.78 is 5.98. The van der Waals surface area contributed by atoms with E-state index in [2.05, 4.69) is 29.6 Å². The number of halogens is 1. The summed E-state index contributed by atoms with van der Waals surface area (Å²) in [7, 11) is 0. The lowest BCUT2D eigenvalue weighted by molar-refractivity contribution is 0.00307. The van der Waals surface area contributed by atoms with Crippen molar-refractivity contribution in [3.8, 4) is 0 Å². The average Bonchev–Trinajstić information content (AvgIpc) is 2.50. The highest BCUT2D eigenvalue weighted by molar-refractivity contribution is 6.30. The van der Waals surface area contributed by atoms with Crippen molar-refractivity contribution in [1.82, 2.24) is 5.32 Å². The summed E-state index contributed by atoms with van der Waals surface area (Å²) in [5.74, 6) is 0. The van der Waals surface area contributed by atoms with E-state index >= 15 is 0 Å². The van der Waals surface area contributed by atoms with Gasteiger partial charge in [0.1, 0.15) is 0 Å². The normalized spacial score (nSPS) is 22.6. The molecule has 0 aromatic heterocycles. The predicted molar refractivity (Wildman–Crippen MR) is 82.1 cm³/mol. The number of hydrogen-bond donors (Lipinski definition) is 1. The van der Waals surface area contributed by atoms with Crippen LogP contribution in [0.3, 0.4) is 0 Å². The Labute approximate surface area is 124 Å². The maximum Gasteiger partial charge on any atom is 0.0950 e. The number of nitrogens with one attached hydrogen (secondary N) is 1. The molecule has 3 heteroatoms. The maximum atomic E-state index is 5.98. The molecule has 1 fully saturated rings. The van der Waals surface area contributed by atoms with Crippen LogP contribution in [0.15, 0.2) is 54.6 Å². The number of hydrogen-bond acceptors (Lipinski definition) is 2. The Bertz CT molecular complexity index is 533. The summed E-state index contributed by atoms with van der Waals surface area (Å²) in [6.45, 7) is 1.58. The molecular weight excluding hydrogens is 270 g/mol. The van der Waals surface area contributed by atoms with Gasteiger partial charge in [-0.05, 0) is 29.7 Å². The molecule has 1 aliphatic rings. The fourth-order valence-corrected chi connectivity index (χ4v) is 2.67. The molecule has 3 rings (SSSR count). The van der Waals surface area contributed by atoms with E-state index in [1.165, 1.54) is 11.1 Å². The van der Waals surface area contributed by atoms with Crippen LogP contribution in [0.25, 0.3) is 0 Å². The molecule has 0 aliphatic carbocycles. The smallest absolute Gasteiger partial charge is 0.0950 e. The highest BCUT2D eigenvalue weighted by atomic mass is 35.5. The first-order chi connectivity index (χ1) is 9.81. The van der Waals surface area contributed by atoms with Crippen molar-refractivity contribution < 1.29 is 4.74 Å². The van der Waals surface area contributed by atoms with Gasteiger partial charge in [-0.1, -0.05) is 54.1 Å². The van der Waals surface area contributed by atoms with Gasteiger partial charge in [0.2, 0.25) is 0 Å². The molecule has 1 saturated heterocycles. The molecule has 0 spiro atoms. The highest BCUT2D eigenvalue weighted by Gasteiger charge is 2.22. The third-order valence-corrected chi connectivity index (χ3v) is 3.91. The molecule has 2 unspecified atom stereocenters. The standard InChI is InChI=1S/C17H18ClNO/c18-15-8-6-14(7-9-15)17-11-19-16(12-20-17)10-13-4-2-1-3-5-13/h1-9,16-17,19H,10-12H2. The van der Waals surface area contributed by atoms with Crippen LogP contribution in [0.4, 0.5) is 0 Å². The minimum absolute atomic E-state index is 0.124. The Hall–Kier alpha value is -1.35. The molecule has 104 valence electrons. The summed E-state index contributed by atoms with van der Waals surface area (Å²) in [5.41, 5.74) is 2.53. The summed E-state index contributed by atoms with van der Waals surface area (Å²) in [5, 5.41) is 4.34. The summed E-state index contributed by atoms with van der Waals surface area (Å²) in [6, 6.07) is 18.8. The molecule has 2 nitrogen and oxygen atoms in total. The molecule has 2 atom stereocenters. The Kier molecular flexibility index (Phi) is 4.36. The minimum Gasteiger partial charge on any atom is -0.371 e. The van der Waals surface area contributed by atoms with E-state index in [9.17, 15) is 0 Å². The Morgan fingerprint density at radius 1 is 1.05 bits per heavy atom. The Morgan fingerprint density at radius 2 is 1.80 bits per heavy atom. The van der Waals surface area contributed by atoms with Gasteiger partial charge in [-0.25, -0.2) is 0 Å². The number of ether oxygens (including phenoxy) is 1. The second-order valence-electron chi connectivity index (χ2n) is 5.17. The van der Waals surface area contributed by atoms with Crippen LogP contribution in [0.2, 0.25) is 5.02 Å². The Balaban J connectivity index is 1.55. The zero-order valence-corrected chi connectivity index (χ0v) is 12.0. The second-order valence-corrected chi connectivity index (χ2v) is 5.60. The van der Waals surface area contributed by atoms with E-state index < -0.39 is 0 Å². The van der Waals surface area contributed by atoms with Crippen LogP contribution in [0.5, 0.6) is 0 Å². The number of morpholine rings is 1. The summed E-state index contributed by atoms with van der Waals surface area (Å²) in [6.07, 6.45) is 1.13. The third kappa shape index (κ3) is 3.40. The van der Waals surface area contributed by atoms with Gasteiger partial charge in [-0.3, -0.25) is 0 Å². The van der Waals surface area contributed by atoms with Crippen molar-refractivity contribution >= 4 is 11.6 Å². The predicted octanol–water partition coefficient (Wildman–Crippen LogP) is 3.61. The van der Waals surface area contributed by atoms with Crippen LogP contribution in [0.1, 0.15) is 17.2 Å². The monoisotopic (exact) mass is 287 g/mol. The fourth-order valence-electron chi connectivity index (χ4n) is 2.55. The van der Waals surface area contributed by atoms with Crippen LogP contribution < -0.4 is 5.32 Å². The van der Waals surface area contributed by atoms with Gasteiger partial charge < -0.3 is 10.1 Å². The first-order valence-electron chi connectivity index (χ1n) is 6.95. The second kappa shape index (κ2) is 6.40. The molecule has 0 bridgehead atoms. The van der Waals surface area contributed by atoms with Crippen LogP contribution >= 0.6 is 11.6 Å². The number of benzene rings is 2. The van der Waals surface area contributed by atoms with Crippen LogP contribution in [0, 0.1) is 0 Å². The van der Waals surface area contributed by atoms with Crippen LogP contribution in [-0.2, 0) is 11.2 Å². The lowest BCUT2D eigenvalue weighted by Crippen LogP contribution is -2.44. The molecule has 1 N–H and O–H groups in total. The van der Waals surface area contributed by atoms with Crippen molar-refractivity contribution in [2.75, 3.05) is 13.2 Å². The van der Waals surface area contributed by atoms with Crippen molar-refractivity contribution in [2.24, 2.45) is 0 Å². The number of rotatable bonds is 3. The van der Waals surface area contributed by atoms with Crippen molar-refractivity contribution in [2.45, 2.75) is 18.6 Å². The topological polar surface area (TPSA) is 21.3 Å². The molecule has 0 saturated carbocycles. The lowest BCUT2D eigenvalue weighted by Gasteiger charge is -2.30. The van der Waals surface area contributed by atoms with Gasteiger partial charge in [-0.2, -0.15) is 0 Å². The van der Waals surface area contributed by atoms with Gasteiger partial charge >= 0.3 is 0 Å². The first kappa shape index (κ1) is 13.6. The van der Waals surface area contributed by atoms with E-state index in [0.717, 1.165) is 24.6 Å². The van der Waals surface area contributed by atoms with Gasteiger partial charge in [0.15, 0.2) is 0 Å². The van der Waals surface area contributed by atoms with E-state index in [1.54, 1.807) is 0 Å². The quantitative estimate of drug-likeness (QED) is 0.931. The van der Waals surface area contributed by atoms with E-state index in [-0.39, 0.29) is 6.10 Å². The minimum atomic E-state index is 0.124. The van der Waals surface area contributed by atoms with Gasteiger partial charge in [-0.15, -0.1) is 0 Å².